The Kier molecular flexibility index (Phi) is 7.56. The second kappa shape index (κ2) is 11.4. The maximum absolute atomic E-state index is 16.3. The number of piperazine rings is 1. The van der Waals surface area contributed by atoms with Crippen LogP contribution in [-0.4, -0.2) is 71.2 Å². The van der Waals surface area contributed by atoms with E-state index in [0.29, 0.717) is 55.2 Å². The van der Waals surface area contributed by atoms with Crippen molar-refractivity contribution < 1.29 is 13.6 Å². The Morgan fingerprint density at radius 3 is 2.59 bits per heavy atom. The SMILES string of the molecule is C=CC(=O)N1CCN(c2nc(=O)n3c4nc(c(F)cc24)-c2c(F)cccc2N(C)CCNc2cccc(C(C)C)c2-3)[C@@H](C)C1. The van der Waals surface area contributed by atoms with E-state index in [1.807, 2.05) is 55.8 Å². The van der Waals surface area contributed by atoms with Gasteiger partial charge in [0.2, 0.25) is 5.91 Å². The third-order valence-electron chi connectivity index (χ3n) is 8.50. The minimum absolute atomic E-state index is 0.0228. The highest BCUT2D eigenvalue weighted by molar-refractivity contribution is 5.93. The molecule has 1 fully saturated rings. The third kappa shape index (κ3) is 4.86. The lowest BCUT2D eigenvalue weighted by molar-refractivity contribution is -0.126. The minimum atomic E-state index is -0.730. The Morgan fingerprint density at radius 1 is 1.09 bits per heavy atom. The number of halogens is 2. The first-order chi connectivity index (χ1) is 21.1. The molecule has 9 nitrogen and oxygen atoms in total. The summed E-state index contributed by atoms with van der Waals surface area (Å²) < 4.78 is 33.3. The van der Waals surface area contributed by atoms with Gasteiger partial charge in [0.15, 0.2) is 11.5 Å². The zero-order chi connectivity index (χ0) is 31.3. The monoisotopic (exact) mass is 599 g/mol. The van der Waals surface area contributed by atoms with Crippen LogP contribution in [0, 0.1) is 11.6 Å². The molecule has 2 bridgehead atoms. The molecule has 2 aromatic carbocycles. The summed E-state index contributed by atoms with van der Waals surface area (Å²) in [5.41, 5.74) is 2.06. The molecule has 0 spiro atoms. The number of rotatable bonds is 3. The number of carbonyl (C=O) groups is 1. The normalized spacial score (nSPS) is 16.7. The molecule has 0 aliphatic carbocycles. The van der Waals surface area contributed by atoms with E-state index in [1.165, 1.54) is 22.8 Å². The van der Waals surface area contributed by atoms with Gasteiger partial charge in [-0.25, -0.2) is 23.1 Å². The maximum atomic E-state index is 16.3. The van der Waals surface area contributed by atoms with Crippen LogP contribution in [0.3, 0.4) is 0 Å². The number of fused-ring (bicyclic) bond motifs is 5. The Balaban J connectivity index is 1.70. The Bertz CT molecular complexity index is 1850. The first-order valence-electron chi connectivity index (χ1n) is 14.8. The zero-order valence-electron chi connectivity index (χ0n) is 25.3. The van der Waals surface area contributed by atoms with E-state index in [-0.39, 0.29) is 40.6 Å². The molecule has 2 aliphatic heterocycles. The number of hydrogen-bond acceptors (Lipinski definition) is 7. The van der Waals surface area contributed by atoms with Crippen LogP contribution in [0.5, 0.6) is 0 Å². The molecule has 1 saturated heterocycles. The minimum Gasteiger partial charge on any atom is -0.382 e. The van der Waals surface area contributed by atoms with Crippen LogP contribution in [0.2, 0.25) is 0 Å². The second-order valence-electron chi connectivity index (χ2n) is 11.7. The Labute approximate surface area is 254 Å². The molecule has 4 heterocycles. The van der Waals surface area contributed by atoms with Crippen molar-refractivity contribution in [2.45, 2.75) is 32.7 Å². The molecule has 44 heavy (non-hydrogen) atoms. The number of benzene rings is 2. The average molecular weight is 600 g/mol. The summed E-state index contributed by atoms with van der Waals surface area (Å²) in [5, 5.41) is 3.78. The summed E-state index contributed by atoms with van der Waals surface area (Å²) in [7, 11) is 1.83. The number of carbonyl (C=O) groups excluding carboxylic acids is 1. The topological polar surface area (TPSA) is 86.6 Å². The lowest BCUT2D eigenvalue weighted by Gasteiger charge is -2.40. The van der Waals surface area contributed by atoms with Crippen LogP contribution in [0.1, 0.15) is 32.3 Å². The summed E-state index contributed by atoms with van der Waals surface area (Å²) in [6.07, 6.45) is 1.28. The van der Waals surface area contributed by atoms with Crippen molar-refractivity contribution >= 4 is 34.1 Å². The van der Waals surface area contributed by atoms with Gasteiger partial charge in [-0.1, -0.05) is 38.6 Å². The highest BCUT2D eigenvalue weighted by Crippen LogP contribution is 2.38. The zero-order valence-corrected chi connectivity index (χ0v) is 25.3. The average Bonchev–Trinajstić information content (AvgIpc) is 3.00. The number of amides is 1. The predicted octanol–water partition coefficient (Wildman–Crippen LogP) is 4.93. The number of para-hydroxylation sites is 1. The van der Waals surface area contributed by atoms with Gasteiger partial charge >= 0.3 is 5.69 Å². The fraction of sp³-hybridized carbons (Fsp3) is 0.333. The van der Waals surface area contributed by atoms with Crippen LogP contribution < -0.4 is 20.8 Å². The van der Waals surface area contributed by atoms with Gasteiger partial charge in [-0.05, 0) is 48.7 Å². The van der Waals surface area contributed by atoms with Crippen LogP contribution >= 0.6 is 0 Å². The van der Waals surface area contributed by atoms with Crippen molar-refractivity contribution in [1.29, 1.82) is 0 Å². The fourth-order valence-corrected chi connectivity index (χ4v) is 6.27. The third-order valence-corrected chi connectivity index (χ3v) is 8.50. The summed E-state index contributed by atoms with van der Waals surface area (Å²) in [6, 6.07) is 11.4. The Hall–Kier alpha value is -4.80. The smallest absolute Gasteiger partial charge is 0.355 e. The van der Waals surface area contributed by atoms with E-state index in [2.05, 4.69) is 16.9 Å². The molecule has 1 N–H and O–H groups in total. The van der Waals surface area contributed by atoms with Crippen LogP contribution in [0.4, 0.5) is 26.0 Å². The van der Waals surface area contributed by atoms with Gasteiger partial charge in [0.05, 0.1) is 22.3 Å². The fourth-order valence-electron chi connectivity index (χ4n) is 6.27. The lowest BCUT2D eigenvalue weighted by Crippen LogP contribution is -2.54. The molecule has 4 aromatic rings. The molecule has 1 amide bonds. The molecule has 2 aromatic heterocycles. The van der Waals surface area contributed by atoms with E-state index in [4.69, 9.17) is 4.98 Å². The number of nitrogens with zero attached hydrogens (tertiary/aromatic N) is 6. The van der Waals surface area contributed by atoms with E-state index < -0.39 is 17.3 Å². The summed E-state index contributed by atoms with van der Waals surface area (Å²) in [4.78, 5) is 41.3. The standard InChI is InChI=1S/C33H35F2N7O2/c1-6-27(43)40-15-16-41(20(4)18-40)31-22-17-24(35)29-28-23(34)10-8-12-26(28)39(5)14-13-36-25-11-7-9-21(19(2)3)30(25)42(32(22)37-29)33(44)38-31/h6-12,17,19-20,36H,1,13-16,18H2,2-5H3/t20-/m0/s1. The van der Waals surface area contributed by atoms with Gasteiger partial charge < -0.3 is 20.0 Å². The molecule has 0 unspecified atom stereocenters. The number of hydrogen-bond donors (Lipinski definition) is 1. The van der Waals surface area contributed by atoms with Crippen molar-refractivity contribution in [3.8, 4) is 16.9 Å². The molecular weight excluding hydrogens is 564 g/mol. The molecule has 1 atom stereocenters. The summed E-state index contributed by atoms with van der Waals surface area (Å²) in [6.45, 7) is 11.6. The van der Waals surface area contributed by atoms with Gasteiger partial charge in [0, 0.05) is 51.5 Å². The molecule has 0 radical (unpaired) electrons. The number of nitrogens with one attached hydrogen (secondary N) is 1. The first-order valence-corrected chi connectivity index (χ1v) is 14.8. The van der Waals surface area contributed by atoms with Crippen molar-refractivity contribution in [1.82, 2.24) is 19.4 Å². The van der Waals surface area contributed by atoms with E-state index in [1.54, 1.807) is 17.0 Å². The second-order valence-corrected chi connectivity index (χ2v) is 11.7. The molecule has 6 rings (SSSR count). The van der Waals surface area contributed by atoms with E-state index in [9.17, 15) is 9.59 Å². The van der Waals surface area contributed by atoms with Gasteiger partial charge in [-0.2, -0.15) is 4.98 Å². The van der Waals surface area contributed by atoms with Gasteiger partial charge in [-0.3, -0.25) is 4.79 Å². The van der Waals surface area contributed by atoms with Crippen molar-refractivity contribution in [2.75, 3.05) is 54.9 Å². The molecule has 11 heteroatoms. The largest absolute Gasteiger partial charge is 0.382 e. The maximum Gasteiger partial charge on any atom is 0.355 e. The number of pyridine rings is 1. The van der Waals surface area contributed by atoms with Gasteiger partial charge in [-0.15, -0.1) is 0 Å². The quantitative estimate of drug-likeness (QED) is 0.334. The first kappa shape index (κ1) is 29.3. The van der Waals surface area contributed by atoms with Crippen LogP contribution in [0.15, 0.2) is 59.9 Å². The number of anilines is 3. The van der Waals surface area contributed by atoms with Crippen molar-refractivity contribution in [3.05, 3.63) is 82.8 Å². The molecule has 2 aliphatic rings. The van der Waals surface area contributed by atoms with Crippen LogP contribution in [-0.2, 0) is 4.79 Å². The van der Waals surface area contributed by atoms with E-state index in [0.717, 1.165) is 5.56 Å². The molecular formula is C33H35F2N7O2. The summed E-state index contributed by atoms with van der Waals surface area (Å²) in [5.74, 6) is -1.23. The van der Waals surface area contributed by atoms with E-state index >= 15 is 8.78 Å². The van der Waals surface area contributed by atoms with Crippen molar-refractivity contribution in [3.63, 3.8) is 0 Å². The highest BCUT2D eigenvalue weighted by Gasteiger charge is 2.31. The highest BCUT2D eigenvalue weighted by atomic mass is 19.1. The Morgan fingerprint density at radius 2 is 1.86 bits per heavy atom. The molecule has 228 valence electrons. The van der Waals surface area contributed by atoms with Gasteiger partial charge in [0.25, 0.3) is 0 Å². The molecule has 0 saturated carbocycles. The predicted molar refractivity (Wildman–Crippen MR) is 170 cm³/mol. The van der Waals surface area contributed by atoms with Crippen molar-refractivity contribution in [2.24, 2.45) is 0 Å². The number of likely N-dealkylation sites (N-methyl/N-ethyl adjacent to an activating group) is 1. The van der Waals surface area contributed by atoms with Crippen LogP contribution in [0.25, 0.3) is 28.0 Å². The van der Waals surface area contributed by atoms with Gasteiger partial charge in [0.1, 0.15) is 17.3 Å². The summed E-state index contributed by atoms with van der Waals surface area (Å²) >= 11 is 0. The number of aromatic nitrogens is 3. The lowest BCUT2D eigenvalue weighted by atomic mass is 9.99.